The molecule has 2 fully saturated rings. The Kier molecular flexibility index (Phi) is 13.3. The van der Waals surface area contributed by atoms with Crippen LogP contribution in [0.25, 0.3) is 0 Å². The van der Waals surface area contributed by atoms with E-state index in [2.05, 4.69) is 22.4 Å². The fraction of sp³-hybridized carbons (Fsp3) is 0.559. The molecular formula is C34H48F2N4O2. The molecule has 1 saturated carbocycles. The largest absolute Gasteiger partial charge is 0.381 e. The monoisotopic (exact) mass is 582 g/mol. The average molecular weight is 583 g/mol. The molecule has 2 aromatic rings. The van der Waals surface area contributed by atoms with Crippen molar-refractivity contribution in [3.8, 4) is 0 Å². The summed E-state index contributed by atoms with van der Waals surface area (Å²) in [7, 11) is 0. The second-order valence-corrected chi connectivity index (χ2v) is 11.0. The molecule has 2 aliphatic heterocycles. The number of alkyl halides is 2. The van der Waals surface area contributed by atoms with Crippen molar-refractivity contribution in [1.82, 2.24) is 5.32 Å². The van der Waals surface area contributed by atoms with Crippen molar-refractivity contribution in [2.45, 2.75) is 98.6 Å². The molecule has 0 radical (unpaired) electrons. The molecule has 0 atom stereocenters. The maximum Gasteiger partial charge on any atom is 0.270 e. The highest BCUT2D eigenvalue weighted by Crippen LogP contribution is 2.38. The number of carbonyl (C=O) groups excluding carboxylic acids is 1. The normalized spacial score (nSPS) is 16.7. The summed E-state index contributed by atoms with van der Waals surface area (Å²) >= 11 is 0. The van der Waals surface area contributed by atoms with E-state index >= 15 is 0 Å². The van der Waals surface area contributed by atoms with Crippen LogP contribution in [0.1, 0.15) is 106 Å². The fourth-order valence-corrected chi connectivity index (χ4v) is 5.10. The molecule has 3 aliphatic rings. The minimum Gasteiger partial charge on any atom is -0.381 e. The first-order chi connectivity index (χ1) is 20.3. The molecule has 2 heterocycles. The van der Waals surface area contributed by atoms with Crippen molar-refractivity contribution in [1.29, 1.82) is 0 Å². The smallest absolute Gasteiger partial charge is 0.270 e. The molecule has 0 spiro atoms. The van der Waals surface area contributed by atoms with Gasteiger partial charge in [0.25, 0.3) is 11.8 Å². The lowest BCUT2D eigenvalue weighted by molar-refractivity contribution is 0.0165. The SMILES string of the molecule is C/C=N\N=C(/CCC)Cc1cccc(N2Cc3c(cc(CNCC4CCC4)cc3C(C)(F)F)C2=O)c1.C1COC1.CC. The summed E-state index contributed by atoms with van der Waals surface area (Å²) in [5, 5.41) is 11.7. The van der Waals surface area contributed by atoms with E-state index in [1.807, 2.05) is 45.0 Å². The number of hydrogen-bond acceptors (Lipinski definition) is 5. The molecule has 1 aliphatic carbocycles. The second kappa shape index (κ2) is 16.6. The first-order valence-electron chi connectivity index (χ1n) is 15.6. The van der Waals surface area contributed by atoms with Crippen molar-refractivity contribution in [3.05, 3.63) is 64.2 Å². The lowest BCUT2D eigenvalue weighted by Crippen LogP contribution is -2.27. The van der Waals surface area contributed by atoms with Gasteiger partial charge in [0.05, 0.1) is 6.54 Å². The van der Waals surface area contributed by atoms with Crippen LogP contribution in [0.5, 0.6) is 0 Å². The van der Waals surface area contributed by atoms with Crippen LogP contribution in [0.3, 0.4) is 0 Å². The number of anilines is 1. The van der Waals surface area contributed by atoms with Gasteiger partial charge in [0.2, 0.25) is 0 Å². The Morgan fingerprint density at radius 1 is 1.14 bits per heavy atom. The Labute approximate surface area is 250 Å². The van der Waals surface area contributed by atoms with E-state index in [-0.39, 0.29) is 18.0 Å². The van der Waals surface area contributed by atoms with Crippen molar-refractivity contribution in [3.63, 3.8) is 0 Å². The summed E-state index contributed by atoms with van der Waals surface area (Å²) in [6.07, 6.45) is 9.07. The van der Waals surface area contributed by atoms with E-state index in [4.69, 9.17) is 4.74 Å². The van der Waals surface area contributed by atoms with Gasteiger partial charge >= 0.3 is 0 Å². The molecule has 1 saturated heterocycles. The van der Waals surface area contributed by atoms with E-state index in [0.29, 0.717) is 35.7 Å². The van der Waals surface area contributed by atoms with Gasteiger partial charge in [0, 0.05) is 61.8 Å². The molecule has 230 valence electrons. The van der Waals surface area contributed by atoms with E-state index in [0.717, 1.165) is 56.4 Å². The number of nitrogens with zero attached hydrogens (tertiary/aromatic N) is 3. The third-order valence-electron chi connectivity index (χ3n) is 7.62. The molecule has 42 heavy (non-hydrogen) atoms. The van der Waals surface area contributed by atoms with Crippen LogP contribution in [0.15, 0.2) is 46.6 Å². The number of halogens is 2. The van der Waals surface area contributed by atoms with Gasteiger partial charge in [-0.15, -0.1) is 0 Å². The fourth-order valence-electron chi connectivity index (χ4n) is 5.10. The molecule has 2 aromatic carbocycles. The zero-order valence-electron chi connectivity index (χ0n) is 26.0. The number of ether oxygens (including phenoxy) is 1. The quantitative estimate of drug-likeness (QED) is 0.215. The summed E-state index contributed by atoms with van der Waals surface area (Å²) in [4.78, 5) is 15.1. The van der Waals surface area contributed by atoms with Gasteiger partial charge < -0.3 is 15.0 Å². The van der Waals surface area contributed by atoms with Gasteiger partial charge in [0.15, 0.2) is 0 Å². The van der Waals surface area contributed by atoms with Gasteiger partial charge in [-0.05, 0) is 86.0 Å². The molecule has 5 rings (SSSR count). The summed E-state index contributed by atoms with van der Waals surface area (Å²) in [6, 6.07) is 11.1. The van der Waals surface area contributed by atoms with E-state index in [1.54, 1.807) is 23.2 Å². The molecule has 1 N–H and O–H groups in total. The van der Waals surface area contributed by atoms with Crippen LogP contribution in [0.4, 0.5) is 14.5 Å². The zero-order valence-corrected chi connectivity index (χ0v) is 26.0. The topological polar surface area (TPSA) is 66.3 Å². The highest BCUT2D eigenvalue weighted by Gasteiger charge is 2.37. The third-order valence-corrected chi connectivity index (χ3v) is 7.62. The minimum atomic E-state index is -3.03. The average Bonchev–Trinajstić information content (AvgIpc) is 3.24. The van der Waals surface area contributed by atoms with E-state index in [9.17, 15) is 13.6 Å². The number of amides is 1. The van der Waals surface area contributed by atoms with Crippen molar-refractivity contribution < 1.29 is 18.3 Å². The van der Waals surface area contributed by atoms with Crippen molar-refractivity contribution >= 4 is 23.5 Å². The van der Waals surface area contributed by atoms with Crippen LogP contribution >= 0.6 is 0 Å². The second-order valence-electron chi connectivity index (χ2n) is 11.0. The predicted molar refractivity (Wildman–Crippen MR) is 169 cm³/mol. The van der Waals surface area contributed by atoms with Gasteiger partial charge in [-0.3, -0.25) is 4.79 Å². The number of hydrogen-bond donors (Lipinski definition) is 1. The zero-order chi connectivity index (χ0) is 30.5. The van der Waals surface area contributed by atoms with Crippen molar-refractivity contribution in [2.24, 2.45) is 16.1 Å². The molecule has 0 bridgehead atoms. The van der Waals surface area contributed by atoms with Crippen LogP contribution < -0.4 is 10.2 Å². The Balaban J connectivity index is 0.000000729. The van der Waals surface area contributed by atoms with Crippen LogP contribution in [-0.2, 0) is 30.2 Å². The van der Waals surface area contributed by atoms with Crippen LogP contribution in [0, 0.1) is 5.92 Å². The molecule has 6 nitrogen and oxygen atoms in total. The number of fused-ring (bicyclic) bond motifs is 1. The van der Waals surface area contributed by atoms with E-state index in [1.165, 1.54) is 25.7 Å². The molecule has 0 aromatic heterocycles. The standard InChI is InChI=1S/C29H36F2N4O.C3H6O.C2H6/c1-4-8-23(34-33-5-2)13-21-11-7-12-24(14-21)35-19-26-25(28(35)36)15-22(16-27(26)29(3,30)31)18-32-17-20-9-6-10-20;1-2-4-3-1;1-2/h5,7,11-12,14-16,20,32H,4,6,8-10,13,17-19H2,1-3H3;1-3H2;1-2H3/b33-5-,34-23+;;. The first kappa shape index (κ1) is 33.5. The number of rotatable bonds is 11. The first-order valence-corrected chi connectivity index (χ1v) is 15.6. The minimum absolute atomic E-state index is 0.0535. The Morgan fingerprint density at radius 2 is 1.86 bits per heavy atom. The van der Waals surface area contributed by atoms with Gasteiger partial charge in [-0.1, -0.05) is 45.7 Å². The van der Waals surface area contributed by atoms with Crippen LogP contribution in [0.2, 0.25) is 0 Å². The molecule has 1 amide bonds. The summed E-state index contributed by atoms with van der Waals surface area (Å²) in [6.45, 7) is 12.3. The molecule has 0 unspecified atom stereocenters. The van der Waals surface area contributed by atoms with Gasteiger partial charge in [-0.2, -0.15) is 10.2 Å². The highest BCUT2D eigenvalue weighted by molar-refractivity contribution is 6.10. The maximum absolute atomic E-state index is 14.7. The number of carbonyl (C=O) groups is 1. The third kappa shape index (κ3) is 9.27. The maximum atomic E-state index is 14.7. The Bertz CT molecular complexity index is 1210. The Hall–Kier alpha value is -2.97. The van der Waals surface area contributed by atoms with E-state index < -0.39 is 5.92 Å². The van der Waals surface area contributed by atoms with Gasteiger partial charge in [-0.25, -0.2) is 8.78 Å². The molecule has 8 heteroatoms. The highest BCUT2D eigenvalue weighted by atomic mass is 19.3. The number of nitrogens with one attached hydrogen (secondary N) is 1. The molecular weight excluding hydrogens is 534 g/mol. The lowest BCUT2D eigenvalue weighted by atomic mass is 9.85. The summed E-state index contributed by atoms with van der Waals surface area (Å²) in [5.74, 6) is -2.59. The summed E-state index contributed by atoms with van der Waals surface area (Å²) < 4.78 is 34.1. The van der Waals surface area contributed by atoms with Crippen molar-refractivity contribution in [2.75, 3.05) is 24.7 Å². The Morgan fingerprint density at radius 3 is 2.43 bits per heavy atom. The van der Waals surface area contributed by atoms with Gasteiger partial charge in [0.1, 0.15) is 0 Å². The summed E-state index contributed by atoms with van der Waals surface area (Å²) in [5.41, 5.74) is 4.16. The van der Waals surface area contributed by atoms with Crippen LogP contribution in [-0.4, -0.2) is 37.6 Å². The lowest BCUT2D eigenvalue weighted by Gasteiger charge is -2.25. The predicted octanol–water partition coefficient (Wildman–Crippen LogP) is 8.07. The number of benzene rings is 2.